The van der Waals surface area contributed by atoms with Crippen LogP contribution >= 0.6 is 0 Å². The van der Waals surface area contributed by atoms with Crippen molar-refractivity contribution in [2.45, 2.75) is 66.5 Å². The van der Waals surface area contributed by atoms with Crippen molar-refractivity contribution in [1.82, 2.24) is 4.90 Å². The van der Waals surface area contributed by atoms with Crippen LogP contribution < -0.4 is 4.74 Å². The van der Waals surface area contributed by atoms with E-state index in [0.717, 1.165) is 27.8 Å². The largest absolute Gasteiger partial charge is 0.507 e. The minimum Gasteiger partial charge on any atom is -0.507 e. The number of aliphatic hydroxyl groups is 1. The van der Waals surface area contributed by atoms with Gasteiger partial charge in [-0.3, -0.25) is 9.59 Å². The van der Waals surface area contributed by atoms with Crippen LogP contribution in [-0.2, 0) is 21.5 Å². The van der Waals surface area contributed by atoms with Crippen LogP contribution in [0.2, 0.25) is 0 Å². The number of ether oxygens (including phenoxy) is 1. The van der Waals surface area contributed by atoms with E-state index in [0.29, 0.717) is 23.8 Å². The molecule has 1 unspecified atom stereocenters. The number of hydrogen-bond donors (Lipinski definition) is 1. The Bertz CT molecular complexity index is 1410. The van der Waals surface area contributed by atoms with E-state index < -0.39 is 17.7 Å². The third kappa shape index (κ3) is 6.08. The first-order valence-electron chi connectivity index (χ1n) is 13.5. The van der Waals surface area contributed by atoms with Crippen LogP contribution in [-0.4, -0.2) is 28.3 Å². The first-order valence-corrected chi connectivity index (χ1v) is 13.5. The number of rotatable bonds is 7. The summed E-state index contributed by atoms with van der Waals surface area (Å²) in [7, 11) is 0. The number of carbonyl (C=O) groups excluding carboxylic acids is 2. The molecule has 1 amide bonds. The van der Waals surface area contributed by atoms with Crippen molar-refractivity contribution in [1.29, 1.82) is 0 Å². The molecule has 0 aromatic heterocycles. The maximum Gasteiger partial charge on any atom is 0.295 e. The zero-order chi connectivity index (χ0) is 28.5. The number of likely N-dealkylation sites (tertiary alicyclic amines) is 1. The molecule has 3 aromatic carbocycles. The summed E-state index contributed by atoms with van der Waals surface area (Å²) in [6.45, 7) is 15.4. The molecule has 1 aliphatic heterocycles. The highest BCUT2D eigenvalue weighted by atomic mass is 16.5. The summed E-state index contributed by atoms with van der Waals surface area (Å²) in [5.74, 6) is -0.556. The summed E-state index contributed by atoms with van der Waals surface area (Å²) in [6.07, 6.45) is 0. The van der Waals surface area contributed by atoms with Gasteiger partial charge < -0.3 is 14.7 Å². The lowest BCUT2D eigenvalue weighted by Gasteiger charge is -2.27. The van der Waals surface area contributed by atoms with E-state index in [4.69, 9.17) is 4.74 Å². The number of amides is 1. The fraction of sp³-hybridized carbons (Fsp3) is 0.353. The summed E-state index contributed by atoms with van der Waals surface area (Å²) >= 11 is 0. The molecule has 3 aromatic rings. The molecule has 0 spiro atoms. The standard InChI is InChI=1S/C34H39NO4/c1-21(2)20-39-28-10-8-9-25(18-28)31(36)29-30(24-13-15-27(16-14-24)34(5,6)7)35(33(38)32(29)37)19-26-17-22(3)11-12-23(26)4/h8-18,21,30,36H,19-20H2,1-7H3/b31-29-. The van der Waals surface area contributed by atoms with Crippen molar-refractivity contribution >= 4 is 17.4 Å². The molecule has 5 nitrogen and oxygen atoms in total. The molecule has 0 saturated carbocycles. The van der Waals surface area contributed by atoms with Gasteiger partial charge in [0.1, 0.15) is 11.5 Å². The SMILES string of the molecule is Cc1ccc(C)c(CN2C(=O)C(=O)/C(=C(\O)c3cccc(OCC(C)C)c3)C2c2ccc(C(C)(C)C)cc2)c1. The Kier molecular flexibility index (Phi) is 8.01. The molecule has 0 bridgehead atoms. The molecule has 1 N–H and O–H groups in total. The van der Waals surface area contributed by atoms with Crippen molar-refractivity contribution in [3.8, 4) is 5.75 Å². The number of aliphatic hydroxyl groups excluding tert-OH is 1. The second-order valence-corrected chi connectivity index (χ2v) is 12.0. The van der Waals surface area contributed by atoms with Crippen molar-refractivity contribution in [3.63, 3.8) is 0 Å². The summed E-state index contributed by atoms with van der Waals surface area (Å²) in [5, 5.41) is 11.5. The van der Waals surface area contributed by atoms with E-state index in [1.807, 2.05) is 62.4 Å². The fourth-order valence-corrected chi connectivity index (χ4v) is 4.86. The number of hydrogen-bond acceptors (Lipinski definition) is 4. The Balaban J connectivity index is 1.84. The van der Waals surface area contributed by atoms with Crippen LogP contribution in [0, 0.1) is 19.8 Å². The predicted molar refractivity (Wildman–Crippen MR) is 156 cm³/mol. The normalized spacial score (nSPS) is 17.2. The van der Waals surface area contributed by atoms with E-state index in [9.17, 15) is 14.7 Å². The Morgan fingerprint density at radius 3 is 2.31 bits per heavy atom. The Hall–Kier alpha value is -3.86. The molecule has 1 atom stereocenters. The highest BCUT2D eigenvalue weighted by Gasteiger charge is 2.46. The van der Waals surface area contributed by atoms with Crippen LogP contribution in [0.1, 0.15) is 74.0 Å². The Morgan fingerprint density at radius 2 is 1.67 bits per heavy atom. The average Bonchev–Trinajstić information content (AvgIpc) is 3.13. The molecule has 5 heteroatoms. The number of carbonyl (C=O) groups is 2. The molecule has 204 valence electrons. The van der Waals surface area contributed by atoms with Crippen LogP contribution in [0.15, 0.2) is 72.3 Å². The fourth-order valence-electron chi connectivity index (χ4n) is 4.86. The smallest absolute Gasteiger partial charge is 0.295 e. The summed E-state index contributed by atoms with van der Waals surface area (Å²) in [4.78, 5) is 28.6. The summed E-state index contributed by atoms with van der Waals surface area (Å²) in [6, 6.07) is 20.4. The van der Waals surface area contributed by atoms with Gasteiger partial charge in [0.2, 0.25) is 0 Å². The summed E-state index contributed by atoms with van der Waals surface area (Å²) < 4.78 is 5.85. The van der Waals surface area contributed by atoms with Crippen LogP contribution in [0.4, 0.5) is 0 Å². The van der Waals surface area contributed by atoms with Gasteiger partial charge in [-0.25, -0.2) is 0 Å². The van der Waals surface area contributed by atoms with Crippen LogP contribution in [0.3, 0.4) is 0 Å². The van der Waals surface area contributed by atoms with Gasteiger partial charge in [-0.1, -0.05) is 94.8 Å². The molecule has 1 aliphatic rings. The zero-order valence-electron chi connectivity index (χ0n) is 24.0. The monoisotopic (exact) mass is 525 g/mol. The molecule has 1 heterocycles. The second kappa shape index (κ2) is 11.1. The third-order valence-corrected chi connectivity index (χ3v) is 7.17. The first-order chi connectivity index (χ1) is 18.4. The van der Waals surface area contributed by atoms with Gasteiger partial charge in [0.15, 0.2) is 0 Å². The first kappa shape index (κ1) is 28.2. The van der Waals surface area contributed by atoms with Crippen molar-refractivity contribution in [3.05, 3.63) is 106 Å². The van der Waals surface area contributed by atoms with Crippen LogP contribution in [0.25, 0.3) is 5.76 Å². The van der Waals surface area contributed by atoms with Gasteiger partial charge in [0, 0.05) is 12.1 Å². The van der Waals surface area contributed by atoms with Gasteiger partial charge >= 0.3 is 0 Å². The number of benzene rings is 3. The van der Waals surface area contributed by atoms with Crippen molar-refractivity contribution < 1.29 is 19.4 Å². The topological polar surface area (TPSA) is 66.8 Å². The molecule has 0 aliphatic carbocycles. The zero-order valence-corrected chi connectivity index (χ0v) is 24.0. The minimum absolute atomic E-state index is 0.0462. The Labute approximate surface area is 232 Å². The number of ketones is 1. The molecule has 4 rings (SSSR count). The van der Waals surface area contributed by atoms with Crippen molar-refractivity contribution in [2.24, 2.45) is 5.92 Å². The lowest BCUT2D eigenvalue weighted by atomic mass is 9.85. The molecule has 0 radical (unpaired) electrons. The molecule has 1 fully saturated rings. The highest BCUT2D eigenvalue weighted by Crippen LogP contribution is 2.41. The van der Waals surface area contributed by atoms with Gasteiger partial charge in [0.25, 0.3) is 11.7 Å². The van der Waals surface area contributed by atoms with Gasteiger partial charge in [-0.05, 0) is 59.6 Å². The minimum atomic E-state index is -0.723. The molecular weight excluding hydrogens is 486 g/mol. The average molecular weight is 526 g/mol. The van der Waals surface area contributed by atoms with E-state index in [2.05, 4.69) is 34.6 Å². The molecule has 1 saturated heterocycles. The maximum atomic E-state index is 13.5. The van der Waals surface area contributed by atoms with E-state index in [-0.39, 0.29) is 23.3 Å². The molecular formula is C34H39NO4. The highest BCUT2D eigenvalue weighted by molar-refractivity contribution is 6.46. The second-order valence-electron chi connectivity index (χ2n) is 12.0. The van der Waals surface area contributed by atoms with E-state index in [1.54, 1.807) is 23.1 Å². The number of aryl methyl sites for hydroxylation is 2. The third-order valence-electron chi connectivity index (χ3n) is 7.17. The number of nitrogens with zero attached hydrogens (tertiary/aromatic N) is 1. The number of Topliss-reactive ketones (excluding diaryl/α,β-unsaturated/α-hetero) is 1. The summed E-state index contributed by atoms with van der Waals surface area (Å²) in [5.41, 5.74) is 5.50. The van der Waals surface area contributed by atoms with E-state index in [1.165, 1.54) is 0 Å². The van der Waals surface area contributed by atoms with Crippen molar-refractivity contribution in [2.75, 3.05) is 6.61 Å². The molecule has 39 heavy (non-hydrogen) atoms. The lowest BCUT2D eigenvalue weighted by Crippen LogP contribution is -2.29. The van der Waals surface area contributed by atoms with E-state index >= 15 is 0 Å². The predicted octanol–water partition coefficient (Wildman–Crippen LogP) is 7.26. The quantitative estimate of drug-likeness (QED) is 0.200. The van der Waals surface area contributed by atoms with Gasteiger partial charge in [0.05, 0.1) is 18.2 Å². The van der Waals surface area contributed by atoms with Gasteiger partial charge in [-0.2, -0.15) is 0 Å². The lowest BCUT2D eigenvalue weighted by molar-refractivity contribution is -0.140. The van der Waals surface area contributed by atoms with Crippen LogP contribution in [0.5, 0.6) is 5.75 Å². The Morgan fingerprint density at radius 1 is 0.974 bits per heavy atom. The maximum absolute atomic E-state index is 13.5. The van der Waals surface area contributed by atoms with Gasteiger partial charge in [-0.15, -0.1) is 0 Å².